The minimum atomic E-state index is -0.283. The SMILES string of the molecule is O=C(Cn1ccc(OCc2ccccc2)cc1=O)c1ccc(C(=S)N2CCOCC2)cc1. The zero-order chi connectivity index (χ0) is 22.3. The van der Waals surface area contributed by atoms with Gasteiger partial charge in [0.15, 0.2) is 5.78 Å². The lowest BCUT2D eigenvalue weighted by Crippen LogP contribution is -2.40. The van der Waals surface area contributed by atoms with Gasteiger partial charge in [0, 0.05) is 36.5 Å². The smallest absolute Gasteiger partial charge is 0.254 e. The molecule has 164 valence electrons. The van der Waals surface area contributed by atoms with Crippen molar-refractivity contribution >= 4 is 23.0 Å². The molecule has 3 aromatic rings. The molecule has 1 saturated heterocycles. The van der Waals surface area contributed by atoms with Crippen LogP contribution in [0.5, 0.6) is 5.75 Å². The standard InChI is InChI=1S/C25H24N2O4S/c28-23(20-6-8-21(9-7-20)25(32)26-12-14-30-15-13-26)17-27-11-10-22(16-24(27)29)31-18-19-4-2-1-3-5-19/h1-11,16H,12-15,17-18H2. The van der Waals surface area contributed by atoms with Crippen molar-refractivity contribution in [1.29, 1.82) is 0 Å². The number of carbonyl (C=O) groups excluding carboxylic acids is 1. The molecule has 0 N–H and O–H groups in total. The maximum absolute atomic E-state index is 12.7. The van der Waals surface area contributed by atoms with Crippen LogP contribution >= 0.6 is 12.2 Å². The molecule has 0 bridgehead atoms. The van der Waals surface area contributed by atoms with Gasteiger partial charge in [-0.15, -0.1) is 0 Å². The number of ether oxygens (including phenoxy) is 2. The van der Waals surface area contributed by atoms with E-state index in [-0.39, 0.29) is 17.9 Å². The van der Waals surface area contributed by atoms with Gasteiger partial charge in [-0.1, -0.05) is 66.8 Å². The molecule has 1 aromatic heterocycles. The van der Waals surface area contributed by atoms with Crippen molar-refractivity contribution in [3.05, 3.63) is 100.0 Å². The summed E-state index contributed by atoms with van der Waals surface area (Å²) in [6.07, 6.45) is 1.59. The predicted octanol–water partition coefficient (Wildman–Crippen LogP) is 3.32. The van der Waals surface area contributed by atoms with Crippen LogP contribution in [0.25, 0.3) is 0 Å². The number of carbonyl (C=O) groups is 1. The second kappa shape index (κ2) is 10.3. The number of Topliss-reactive ketones (excluding diaryl/α,β-unsaturated/α-hetero) is 1. The number of hydrogen-bond acceptors (Lipinski definition) is 5. The van der Waals surface area contributed by atoms with E-state index in [4.69, 9.17) is 21.7 Å². The van der Waals surface area contributed by atoms with Crippen LogP contribution in [0.1, 0.15) is 21.5 Å². The number of rotatable bonds is 7. The molecule has 7 heteroatoms. The third kappa shape index (κ3) is 5.49. The zero-order valence-corrected chi connectivity index (χ0v) is 18.4. The molecule has 2 aromatic carbocycles. The monoisotopic (exact) mass is 448 g/mol. The van der Waals surface area contributed by atoms with Crippen LogP contribution < -0.4 is 10.3 Å². The highest BCUT2D eigenvalue weighted by Gasteiger charge is 2.16. The molecule has 2 heterocycles. The van der Waals surface area contributed by atoms with Gasteiger partial charge in [0.1, 0.15) is 17.3 Å². The fraction of sp³-hybridized carbons (Fsp3) is 0.240. The Morgan fingerprint density at radius 2 is 1.66 bits per heavy atom. The average Bonchev–Trinajstić information content (AvgIpc) is 2.85. The van der Waals surface area contributed by atoms with Crippen molar-refractivity contribution in [3.8, 4) is 5.75 Å². The van der Waals surface area contributed by atoms with E-state index in [0.29, 0.717) is 31.1 Å². The topological polar surface area (TPSA) is 60.8 Å². The lowest BCUT2D eigenvalue weighted by molar-refractivity contribution is 0.0693. The lowest BCUT2D eigenvalue weighted by atomic mass is 10.1. The summed E-state index contributed by atoms with van der Waals surface area (Å²) in [6.45, 7) is 3.22. The van der Waals surface area contributed by atoms with E-state index in [1.54, 1.807) is 24.4 Å². The van der Waals surface area contributed by atoms with E-state index in [9.17, 15) is 9.59 Å². The molecular formula is C25H24N2O4S. The number of nitrogens with zero attached hydrogens (tertiary/aromatic N) is 2. The number of hydrogen-bond donors (Lipinski definition) is 0. The molecule has 0 spiro atoms. The molecule has 0 unspecified atom stereocenters. The van der Waals surface area contributed by atoms with Crippen LogP contribution in [0.2, 0.25) is 0 Å². The minimum absolute atomic E-state index is 0.0367. The van der Waals surface area contributed by atoms with Gasteiger partial charge in [-0.3, -0.25) is 9.59 Å². The van der Waals surface area contributed by atoms with Crippen molar-refractivity contribution in [2.24, 2.45) is 0 Å². The summed E-state index contributed by atoms with van der Waals surface area (Å²) in [5, 5.41) is 0. The van der Waals surface area contributed by atoms with Gasteiger partial charge in [0.2, 0.25) is 0 Å². The van der Waals surface area contributed by atoms with E-state index in [1.165, 1.54) is 10.6 Å². The van der Waals surface area contributed by atoms with E-state index in [1.807, 2.05) is 42.5 Å². The quantitative estimate of drug-likeness (QED) is 0.408. The molecule has 0 amide bonds. The second-order valence-corrected chi connectivity index (χ2v) is 7.89. The van der Waals surface area contributed by atoms with Gasteiger partial charge in [-0.2, -0.15) is 0 Å². The predicted molar refractivity (Wildman–Crippen MR) is 126 cm³/mol. The zero-order valence-electron chi connectivity index (χ0n) is 17.6. The Hall–Kier alpha value is -3.29. The summed E-state index contributed by atoms with van der Waals surface area (Å²) < 4.78 is 12.4. The lowest BCUT2D eigenvalue weighted by Gasteiger charge is -2.29. The molecule has 0 saturated carbocycles. The fourth-order valence-corrected chi connectivity index (χ4v) is 3.76. The molecule has 6 nitrogen and oxygen atoms in total. The second-order valence-electron chi connectivity index (χ2n) is 7.51. The molecule has 1 aliphatic rings. The molecular weight excluding hydrogens is 424 g/mol. The summed E-state index contributed by atoms with van der Waals surface area (Å²) in [7, 11) is 0. The first-order valence-electron chi connectivity index (χ1n) is 10.5. The van der Waals surface area contributed by atoms with Crippen LogP contribution in [-0.4, -0.2) is 46.5 Å². The molecule has 32 heavy (non-hydrogen) atoms. The fourth-order valence-electron chi connectivity index (χ4n) is 3.44. The third-order valence-corrected chi connectivity index (χ3v) is 5.78. The van der Waals surface area contributed by atoms with Crippen molar-refractivity contribution < 1.29 is 14.3 Å². The van der Waals surface area contributed by atoms with E-state index >= 15 is 0 Å². The van der Waals surface area contributed by atoms with Crippen LogP contribution in [0, 0.1) is 0 Å². The minimum Gasteiger partial charge on any atom is -0.489 e. The Morgan fingerprint density at radius 1 is 0.969 bits per heavy atom. The maximum Gasteiger partial charge on any atom is 0.254 e. The van der Waals surface area contributed by atoms with Crippen LogP contribution in [0.15, 0.2) is 77.7 Å². The van der Waals surface area contributed by atoms with E-state index < -0.39 is 0 Å². The molecule has 1 fully saturated rings. The Balaban J connectivity index is 1.36. The number of thiocarbonyl (C=S) groups is 1. The summed E-state index contributed by atoms with van der Waals surface area (Å²) in [4.78, 5) is 28.0. The van der Waals surface area contributed by atoms with Crippen molar-refractivity contribution in [1.82, 2.24) is 9.47 Å². The molecule has 0 atom stereocenters. The molecule has 0 radical (unpaired) electrons. The number of ketones is 1. The Morgan fingerprint density at radius 3 is 2.34 bits per heavy atom. The van der Waals surface area contributed by atoms with Gasteiger partial charge in [-0.25, -0.2) is 0 Å². The van der Waals surface area contributed by atoms with Crippen LogP contribution in [0.3, 0.4) is 0 Å². The summed E-state index contributed by atoms with van der Waals surface area (Å²) >= 11 is 5.56. The molecule has 0 aliphatic carbocycles. The summed E-state index contributed by atoms with van der Waals surface area (Å²) in [5.41, 5.74) is 2.17. The Labute approximate surface area is 192 Å². The first-order chi connectivity index (χ1) is 15.6. The first kappa shape index (κ1) is 21.9. The van der Waals surface area contributed by atoms with Crippen molar-refractivity contribution in [2.75, 3.05) is 26.3 Å². The van der Waals surface area contributed by atoms with Gasteiger partial charge in [0.05, 0.1) is 19.8 Å². The Bertz CT molecular complexity index is 1140. The van der Waals surface area contributed by atoms with Crippen LogP contribution in [-0.2, 0) is 17.9 Å². The van der Waals surface area contributed by atoms with E-state index in [2.05, 4.69) is 4.90 Å². The van der Waals surface area contributed by atoms with Crippen molar-refractivity contribution in [2.45, 2.75) is 13.2 Å². The van der Waals surface area contributed by atoms with Gasteiger partial charge >= 0.3 is 0 Å². The van der Waals surface area contributed by atoms with E-state index in [0.717, 1.165) is 29.2 Å². The maximum atomic E-state index is 12.7. The largest absolute Gasteiger partial charge is 0.489 e. The number of benzene rings is 2. The number of pyridine rings is 1. The number of morpholine rings is 1. The summed E-state index contributed by atoms with van der Waals surface area (Å²) in [6, 6.07) is 20.0. The highest BCUT2D eigenvalue weighted by Crippen LogP contribution is 2.13. The summed E-state index contributed by atoms with van der Waals surface area (Å²) in [5.74, 6) is 0.331. The average molecular weight is 449 g/mol. The van der Waals surface area contributed by atoms with Crippen LogP contribution in [0.4, 0.5) is 0 Å². The Kier molecular flexibility index (Phi) is 7.09. The van der Waals surface area contributed by atoms with Gasteiger partial charge in [-0.05, 0) is 11.6 Å². The van der Waals surface area contributed by atoms with Gasteiger partial charge < -0.3 is 18.9 Å². The third-order valence-electron chi connectivity index (χ3n) is 5.28. The molecule has 4 rings (SSSR count). The first-order valence-corrected chi connectivity index (χ1v) is 10.9. The van der Waals surface area contributed by atoms with Gasteiger partial charge in [0.25, 0.3) is 5.56 Å². The molecule has 1 aliphatic heterocycles. The number of aromatic nitrogens is 1. The highest BCUT2D eigenvalue weighted by molar-refractivity contribution is 7.80. The van der Waals surface area contributed by atoms with Crippen molar-refractivity contribution in [3.63, 3.8) is 0 Å². The highest BCUT2D eigenvalue weighted by atomic mass is 32.1. The normalized spacial score (nSPS) is 13.6.